The molecule has 3 heterocycles. The minimum Gasteiger partial charge on any atom is -0.495 e. The number of nitrogens with one attached hydrogen (secondary N) is 1. The van der Waals surface area contributed by atoms with Crippen molar-refractivity contribution in [1.29, 1.82) is 0 Å². The van der Waals surface area contributed by atoms with Crippen LogP contribution in [0.2, 0.25) is 5.02 Å². The predicted molar refractivity (Wildman–Crippen MR) is 103 cm³/mol. The summed E-state index contributed by atoms with van der Waals surface area (Å²) >= 11 is 5.93. The zero-order valence-electron chi connectivity index (χ0n) is 15.3. The number of aryl methyl sites for hydroxylation is 1. The molecule has 0 saturated heterocycles. The summed E-state index contributed by atoms with van der Waals surface area (Å²) in [6, 6.07) is 7.83. The number of hydrogen-bond donors (Lipinski definition) is 1. The highest BCUT2D eigenvalue weighted by Crippen LogP contribution is 2.27. The number of ether oxygens (including phenoxy) is 1. The molecule has 0 aliphatic rings. The average Bonchev–Trinajstić information content (AvgIpc) is 3.32. The molecule has 0 saturated carbocycles. The highest BCUT2D eigenvalue weighted by atomic mass is 35.5. The predicted octanol–water partition coefficient (Wildman–Crippen LogP) is 2.23. The summed E-state index contributed by atoms with van der Waals surface area (Å²) in [4.78, 5) is 4.11. The maximum Gasteiger partial charge on any atom is 0.258 e. The first kappa shape index (κ1) is 19.3. The lowest BCUT2D eigenvalue weighted by Gasteiger charge is -2.10. The van der Waals surface area contributed by atoms with Gasteiger partial charge in [-0.2, -0.15) is 4.98 Å². The molecule has 4 rings (SSSR count). The van der Waals surface area contributed by atoms with Gasteiger partial charge >= 0.3 is 0 Å². The lowest BCUT2D eigenvalue weighted by molar-refractivity contribution is 0.402. The monoisotopic (exact) mass is 434 g/mol. The first-order valence-electron chi connectivity index (χ1n) is 8.35. The number of pyridine rings is 1. The normalized spacial score (nSPS) is 11.8. The molecular weight excluding hydrogens is 420 g/mol. The molecule has 0 aliphatic carbocycles. The molecule has 29 heavy (non-hydrogen) atoms. The van der Waals surface area contributed by atoms with Crippen LogP contribution in [-0.2, 0) is 16.6 Å². The van der Waals surface area contributed by atoms with Crippen molar-refractivity contribution < 1.29 is 17.7 Å². The highest BCUT2D eigenvalue weighted by Gasteiger charge is 2.21. The van der Waals surface area contributed by atoms with Gasteiger partial charge in [0.25, 0.3) is 5.89 Å². The number of sulfonamides is 1. The van der Waals surface area contributed by atoms with Crippen LogP contribution in [0.25, 0.3) is 17.1 Å². The maximum atomic E-state index is 12.7. The van der Waals surface area contributed by atoms with Gasteiger partial charge in [-0.05, 0) is 37.3 Å². The third-order valence-corrected chi connectivity index (χ3v) is 5.75. The van der Waals surface area contributed by atoms with Crippen LogP contribution >= 0.6 is 11.6 Å². The van der Waals surface area contributed by atoms with Crippen LogP contribution in [0, 0.1) is 6.92 Å². The molecule has 12 heteroatoms. The van der Waals surface area contributed by atoms with Crippen LogP contribution in [0.5, 0.6) is 5.75 Å². The Balaban J connectivity index is 1.59. The summed E-state index contributed by atoms with van der Waals surface area (Å²) in [5, 5.41) is 12.2. The Kier molecular flexibility index (Phi) is 4.94. The van der Waals surface area contributed by atoms with Crippen LogP contribution in [0.15, 0.2) is 45.9 Å². The Morgan fingerprint density at radius 3 is 2.79 bits per heavy atom. The van der Waals surface area contributed by atoms with Crippen LogP contribution in [0.4, 0.5) is 0 Å². The van der Waals surface area contributed by atoms with Crippen LogP contribution in [0.3, 0.4) is 0 Å². The van der Waals surface area contributed by atoms with Crippen LogP contribution in [0.1, 0.15) is 11.6 Å². The van der Waals surface area contributed by atoms with E-state index in [9.17, 15) is 8.42 Å². The van der Waals surface area contributed by atoms with E-state index < -0.39 is 10.0 Å². The molecule has 0 fully saturated rings. The molecule has 10 nitrogen and oxygen atoms in total. The second kappa shape index (κ2) is 7.43. The molecular formula is C17H15ClN6O4S. The topological polar surface area (TPSA) is 125 Å². The largest absolute Gasteiger partial charge is 0.495 e. The van der Waals surface area contributed by atoms with Gasteiger partial charge in [0.15, 0.2) is 17.3 Å². The number of fused-ring (bicyclic) bond motifs is 1. The molecule has 1 N–H and O–H groups in total. The smallest absolute Gasteiger partial charge is 0.258 e. The second-order valence-corrected chi connectivity index (χ2v) is 8.20. The molecule has 4 aromatic rings. The van der Waals surface area contributed by atoms with Crippen molar-refractivity contribution in [1.82, 2.24) is 29.5 Å². The fraction of sp³-hybridized carbons (Fsp3) is 0.176. The Labute approximate surface area is 170 Å². The Morgan fingerprint density at radius 2 is 2.07 bits per heavy atom. The number of halogens is 1. The standard InChI is InChI=1S/C17H15ClN6O4S/c1-10-20-17(28-23-10)11-5-6-24-15(7-11)21-22-16(24)9-19-29(25,26)14-8-12(18)3-4-13(14)27-2/h3-8,19H,9H2,1-2H3. The van der Waals surface area contributed by atoms with Gasteiger partial charge in [-0.15, -0.1) is 10.2 Å². The van der Waals surface area contributed by atoms with Crippen molar-refractivity contribution >= 4 is 27.3 Å². The molecule has 1 aromatic carbocycles. The van der Waals surface area contributed by atoms with Gasteiger partial charge in [-0.25, -0.2) is 13.1 Å². The summed E-state index contributed by atoms with van der Waals surface area (Å²) in [6.07, 6.45) is 1.70. The van der Waals surface area contributed by atoms with Gasteiger partial charge in [0.05, 0.1) is 13.7 Å². The molecule has 0 amide bonds. The quantitative estimate of drug-likeness (QED) is 0.489. The summed E-state index contributed by atoms with van der Waals surface area (Å²) in [7, 11) is -2.51. The number of hydrogen-bond acceptors (Lipinski definition) is 8. The third-order valence-electron chi connectivity index (χ3n) is 4.09. The maximum absolute atomic E-state index is 12.7. The Morgan fingerprint density at radius 1 is 1.24 bits per heavy atom. The van der Waals surface area contributed by atoms with Gasteiger partial charge in [0.2, 0.25) is 10.0 Å². The average molecular weight is 435 g/mol. The molecule has 0 aliphatic heterocycles. The van der Waals surface area contributed by atoms with E-state index in [2.05, 4.69) is 25.1 Å². The van der Waals surface area contributed by atoms with Gasteiger partial charge in [-0.3, -0.25) is 4.40 Å². The van der Waals surface area contributed by atoms with Gasteiger partial charge in [0, 0.05) is 16.8 Å². The molecule has 0 bridgehead atoms. The Hall–Kier alpha value is -3.02. The first-order valence-corrected chi connectivity index (χ1v) is 10.2. The van der Waals surface area contributed by atoms with E-state index in [4.69, 9.17) is 20.9 Å². The minimum atomic E-state index is -3.89. The second-order valence-electron chi connectivity index (χ2n) is 6.03. The van der Waals surface area contributed by atoms with Gasteiger partial charge in [0.1, 0.15) is 10.6 Å². The zero-order chi connectivity index (χ0) is 20.6. The van der Waals surface area contributed by atoms with Crippen molar-refractivity contribution in [2.24, 2.45) is 0 Å². The lowest BCUT2D eigenvalue weighted by Crippen LogP contribution is -2.25. The van der Waals surface area contributed by atoms with Crippen LogP contribution in [-0.4, -0.2) is 40.3 Å². The fourth-order valence-electron chi connectivity index (χ4n) is 2.71. The number of benzene rings is 1. The van der Waals surface area contributed by atoms with Crippen molar-refractivity contribution in [3.8, 4) is 17.2 Å². The number of nitrogens with zero attached hydrogens (tertiary/aromatic N) is 5. The molecule has 0 spiro atoms. The van der Waals surface area contributed by atoms with Crippen molar-refractivity contribution in [3.05, 3.63) is 53.2 Å². The fourth-order valence-corrected chi connectivity index (χ4v) is 4.12. The van der Waals surface area contributed by atoms with Crippen molar-refractivity contribution in [2.45, 2.75) is 18.4 Å². The van der Waals surface area contributed by atoms with Crippen molar-refractivity contribution in [3.63, 3.8) is 0 Å². The van der Waals surface area contributed by atoms with E-state index >= 15 is 0 Å². The van der Waals surface area contributed by atoms with Gasteiger partial charge < -0.3 is 9.26 Å². The van der Waals surface area contributed by atoms with Gasteiger partial charge in [-0.1, -0.05) is 16.8 Å². The zero-order valence-corrected chi connectivity index (χ0v) is 16.9. The summed E-state index contributed by atoms with van der Waals surface area (Å²) in [6.45, 7) is 1.64. The molecule has 0 atom stereocenters. The number of aromatic nitrogens is 5. The molecule has 0 unspecified atom stereocenters. The number of rotatable bonds is 6. The van der Waals surface area contributed by atoms with E-state index in [0.717, 1.165) is 0 Å². The minimum absolute atomic E-state index is 0.0598. The van der Waals surface area contributed by atoms with E-state index in [1.54, 1.807) is 35.7 Å². The lowest BCUT2D eigenvalue weighted by atomic mass is 10.2. The first-order chi connectivity index (χ1) is 13.9. The highest BCUT2D eigenvalue weighted by molar-refractivity contribution is 7.89. The molecule has 3 aromatic heterocycles. The van der Waals surface area contributed by atoms with E-state index in [1.807, 2.05) is 0 Å². The van der Waals surface area contributed by atoms with Crippen molar-refractivity contribution in [2.75, 3.05) is 7.11 Å². The summed E-state index contributed by atoms with van der Waals surface area (Å²) in [5.74, 6) is 1.47. The summed E-state index contributed by atoms with van der Waals surface area (Å²) < 4.78 is 39.8. The van der Waals surface area contributed by atoms with E-state index in [-0.39, 0.29) is 22.2 Å². The third kappa shape index (κ3) is 3.79. The Bertz CT molecular complexity index is 1300. The van der Waals surface area contributed by atoms with E-state index in [0.29, 0.717) is 28.8 Å². The SMILES string of the molecule is COc1ccc(Cl)cc1S(=O)(=O)NCc1nnc2cc(-c3nc(C)no3)ccn12. The van der Waals surface area contributed by atoms with Crippen LogP contribution < -0.4 is 9.46 Å². The molecule has 0 radical (unpaired) electrons. The summed E-state index contributed by atoms with van der Waals surface area (Å²) in [5.41, 5.74) is 1.19. The molecule has 150 valence electrons. The van der Waals surface area contributed by atoms with E-state index in [1.165, 1.54) is 19.2 Å². The number of methoxy groups -OCH3 is 1.